The van der Waals surface area contributed by atoms with Gasteiger partial charge in [0.2, 0.25) is 5.91 Å². The van der Waals surface area contributed by atoms with Crippen molar-refractivity contribution in [2.45, 2.75) is 38.8 Å². The van der Waals surface area contributed by atoms with Gasteiger partial charge in [0.25, 0.3) is 5.91 Å². The van der Waals surface area contributed by atoms with Crippen molar-refractivity contribution in [2.75, 3.05) is 28.2 Å². The number of fused-ring (bicyclic) bond motifs is 3. The summed E-state index contributed by atoms with van der Waals surface area (Å²) in [5.41, 5.74) is 2.57. The Kier molecular flexibility index (Phi) is 5.44. The molecule has 0 aliphatic carbocycles. The molecule has 0 bridgehead atoms. The maximum absolute atomic E-state index is 12.8. The monoisotopic (exact) mass is 407 g/mol. The molecule has 2 amide bonds. The molecule has 2 aliphatic rings. The van der Waals surface area contributed by atoms with E-state index in [9.17, 15) is 14.4 Å². The number of rotatable bonds is 5. The van der Waals surface area contributed by atoms with Gasteiger partial charge in [-0.05, 0) is 57.0 Å². The largest absolute Gasteiger partial charge is 0.449 e. The summed E-state index contributed by atoms with van der Waals surface area (Å²) in [7, 11) is 0. The smallest absolute Gasteiger partial charge is 0.338 e. The average molecular weight is 407 g/mol. The highest BCUT2D eigenvalue weighted by Crippen LogP contribution is 2.37. The van der Waals surface area contributed by atoms with Crippen LogP contribution in [-0.2, 0) is 14.3 Å². The first-order valence-electron chi connectivity index (χ1n) is 10.3. The third kappa shape index (κ3) is 3.63. The minimum atomic E-state index is -0.939. The number of nitrogens with zero attached hydrogens (tertiary/aromatic N) is 2. The number of carbonyl (C=O) groups excluding carboxylic acids is 3. The fraction of sp³-hybridized carbons (Fsp3) is 0.348. The molecule has 7 nitrogen and oxygen atoms in total. The molecule has 2 atom stereocenters. The second-order valence-electron chi connectivity index (χ2n) is 7.54. The maximum Gasteiger partial charge on any atom is 0.338 e. The zero-order chi connectivity index (χ0) is 21.3. The van der Waals surface area contributed by atoms with Crippen molar-refractivity contribution in [3.63, 3.8) is 0 Å². The summed E-state index contributed by atoms with van der Waals surface area (Å²) in [6, 6.07) is 14.3. The number of carbonyl (C=O) groups is 3. The van der Waals surface area contributed by atoms with E-state index in [1.807, 2.05) is 43.3 Å². The first-order chi connectivity index (χ1) is 14.5. The zero-order valence-electron chi connectivity index (χ0n) is 17.1. The van der Waals surface area contributed by atoms with Crippen LogP contribution >= 0.6 is 0 Å². The topological polar surface area (TPSA) is 79.0 Å². The molecule has 2 aromatic rings. The van der Waals surface area contributed by atoms with Crippen LogP contribution in [0.1, 0.15) is 37.0 Å². The summed E-state index contributed by atoms with van der Waals surface area (Å²) < 4.78 is 5.45. The van der Waals surface area contributed by atoms with E-state index >= 15 is 0 Å². The number of benzene rings is 2. The lowest BCUT2D eigenvalue weighted by Gasteiger charge is -2.33. The van der Waals surface area contributed by atoms with Gasteiger partial charge < -0.3 is 19.9 Å². The molecule has 7 heteroatoms. The van der Waals surface area contributed by atoms with Gasteiger partial charge in [0.05, 0.1) is 16.9 Å². The fourth-order valence-electron chi connectivity index (χ4n) is 4.13. The second-order valence-corrected chi connectivity index (χ2v) is 7.54. The molecule has 0 saturated carbocycles. The van der Waals surface area contributed by atoms with E-state index in [0.717, 1.165) is 30.8 Å². The van der Waals surface area contributed by atoms with Crippen molar-refractivity contribution in [1.29, 1.82) is 0 Å². The predicted molar refractivity (Wildman–Crippen MR) is 115 cm³/mol. The van der Waals surface area contributed by atoms with Gasteiger partial charge in [-0.1, -0.05) is 18.2 Å². The molecule has 0 unspecified atom stereocenters. The van der Waals surface area contributed by atoms with Crippen LogP contribution in [0.3, 0.4) is 0 Å². The van der Waals surface area contributed by atoms with E-state index in [1.165, 1.54) is 0 Å². The highest BCUT2D eigenvalue weighted by atomic mass is 16.5. The number of nitrogens with one attached hydrogen (secondary N) is 1. The molecule has 4 rings (SSSR count). The lowest BCUT2D eigenvalue weighted by Crippen LogP contribution is -2.44. The Morgan fingerprint density at radius 2 is 2.00 bits per heavy atom. The molecule has 2 aliphatic heterocycles. The van der Waals surface area contributed by atoms with Gasteiger partial charge in [0, 0.05) is 18.8 Å². The standard InChI is InChI=1S/C23H25N3O4/c1-3-25(17-8-5-4-6-9-17)22(28)15(2)30-23(29)16-11-12-19-18(14-16)24-21(27)20-10-7-13-26(19)20/h4-6,8-9,11-12,14-15,20H,3,7,10,13H2,1-2H3,(H,24,27)/t15-,20-/m1/s1. The molecule has 2 heterocycles. The minimum Gasteiger partial charge on any atom is -0.449 e. The van der Waals surface area contributed by atoms with Gasteiger partial charge in [-0.3, -0.25) is 9.59 Å². The van der Waals surface area contributed by atoms with Gasteiger partial charge in [-0.2, -0.15) is 0 Å². The van der Waals surface area contributed by atoms with Crippen LogP contribution in [-0.4, -0.2) is 43.0 Å². The van der Waals surface area contributed by atoms with Crippen LogP contribution in [0.25, 0.3) is 0 Å². The van der Waals surface area contributed by atoms with Crippen molar-refractivity contribution in [1.82, 2.24) is 0 Å². The molecule has 156 valence electrons. The van der Waals surface area contributed by atoms with E-state index in [1.54, 1.807) is 24.0 Å². The van der Waals surface area contributed by atoms with E-state index in [4.69, 9.17) is 4.74 Å². The summed E-state index contributed by atoms with van der Waals surface area (Å²) in [5.74, 6) is -0.931. The summed E-state index contributed by atoms with van der Waals surface area (Å²) >= 11 is 0. The Hall–Kier alpha value is -3.35. The van der Waals surface area contributed by atoms with Gasteiger partial charge >= 0.3 is 5.97 Å². The molecule has 0 radical (unpaired) electrons. The number of hydrogen-bond acceptors (Lipinski definition) is 5. The van der Waals surface area contributed by atoms with Crippen LogP contribution < -0.4 is 15.1 Å². The van der Waals surface area contributed by atoms with Crippen molar-refractivity contribution in [2.24, 2.45) is 0 Å². The highest BCUT2D eigenvalue weighted by Gasteiger charge is 2.36. The summed E-state index contributed by atoms with van der Waals surface area (Å²) in [6.07, 6.45) is 0.867. The van der Waals surface area contributed by atoms with E-state index in [2.05, 4.69) is 10.2 Å². The maximum atomic E-state index is 12.8. The van der Waals surface area contributed by atoms with Crippen LogP contribution in [0.4, 0.5) is 17.1 Å². The van der Waals surface area contributed by atoms with Crippen LogP contribution in [0.5, 0.6) is 0 Å². The normalized spacial score (nSPS) is 18.1. The van der Waals surface area contributed by atoms with Crippen molar-refractivity contribution < 1.29 is 19.1 Å². The number of ether oxygens (including phenoxy) is 1. The third-order valence-electron chi connectivity index (χ3n) is 5.64. The molecule has 0 spiro atoms. The molecule has 1 N–H and O–H groups in total. The Morgan fingerprint density at radius 1 is 1.23 bits per heavy atom. The molecule has 0 aromatic heterocycles. The van der Waals surface area contributed by atoms with Crippen molar-refractivity contribution >= 4 is 34.8 Å². The predicted octanol–water partition coefficient (Wildman–Crippen LogP) is 3.21. The van der Waals surface area contributed by atoms with Crippen LogP contribution in [0, 0.1) is 0 Å². The molecular weight excluding hydrogens is 382 g/mol. The van der Waals surface area contributed by atoms with Gasteiger partial charge in [0.15, 0.2) is 6.10 Å². The number of amides is 2. The first kappa shape index (κ1) is 19.9. The van der Waals surface area contributed by atoms with E-state index in [-0.39, 0.29) is 17.9 Å². The Morgan fingerprint density at radius 3 is 2.73 bits per heavy atom. The number of para-hydroxylation sites is 1. The quantitative estimate of drug-likeness (QED) is 0.770. The molecule has 1 fully saturated rings. The van der Waals surface area contributed by atoms with Gasteiger partial charge in [-0.25, -0.2) is 4.79 Å². The van der Waals surface area contributed by atoms with E-state index < -0.39 is 12.1 Å². The molecule has 30 heavy (non-hydrogen) atoms. The first-order valence-corrected chi connectivity index (χ1v) is 10.3. The minimum absolute atomic E-state index is 0.0458. The van der Waals surface area contributed by atoms with Crippen LogP contribution in [0.2, 0.25) is 0 Å². The highest BCUT2D eigenvalue weighted by molar-refractivity contribution is 6.06. The van der Waals surface area contributed by atoms with Crippen molar-refractivity contribution in [3.05, 3.63) is 54.1 Å². The molecular formula is C23H25N3O4. The number of likely N-dealkylation sites (N-methyl/N-ethyl adjacent to an activating group) is 1. The molecule has 1 saturated heterocycles. The SMILES string of the molecule is CCN(C(=O)[C@@H](C)OC(=O)c1ccc2c(c1)NC(=O)[C@H]1CCCN21)c1ccccc1. The number of esters is 1. The lowest BCUT2D eigenvalue weighted by atomic mass is 10.1. The molecule has 2 aromatic carbocycles. The Balaban J connectivity index is 1.48. The second kappa shape index (κ2) is 8.18. The summed E-state index contributed by atoms with van der Waals surface area (Å²) in [4.78, 5) is 41.5. The lowest BCUT2D eigenvalue weighted by molar-refractivity contribution is -0.126. The zero-order valence-corrected chi connectivity index (χ0v) is 17.1. The average Bonchev–Trinajstić information content (AvgIpc) is 3.25. The van der Waals surface area contributed by atoms with E-state index in [0.29, 0.717) is 17.8 Å². The Bertz CT molecular complexity index is 976. The van der Waals surface area contributed by atoms with Crippen molar-refractivity contribution in [3.8, 4) is 0 Å². The van der Waals surface area contributed by atoms with Crippen LogP contribution in [0.15, 0.2) is 48.5 Å². The van der Waals surface area contributed by atoms with Gasteiger partial charge in [0.1, 0.15) is 6.04 Å². The summed E-state index contributed by atoms with van der Waals surface area (Å²) in [6.45, 7) is 4.73. The van der Waals surface area contributed by atoms with Gasteiger partial charge in [-0.15, -0.1) is 0 Å². The Labute approximate surface area is 175 Å². The third-order valence-corrected chi connectivity index (χ3v) is 5.64. The fourth-order valence-corrected chi connectivity index (χ4v) is 4.13. The summed E-state index contributed by atoms with van der Waals surface area (Å²) in [5, 5.41) is 2.89. The number of hydrogen-bond donors (Lipinski definition) is 1. The number of anilines is 3.